The fourth-order valence-corrected chi connectivity index (χ4v) is 1.95. The highest BCUT2D eigenvalue weighted by molar-refractivity contribution is 5.86. The molecule has 0 aliphatic carbocycles. The van der Waals surface area contributed by atoms with Gasteiger partial charge in [-0.3, -0.25) is 5.11 Å². The predicted molar refractivity (Wildman–Crippen MR) is 88.4 cm³/mol. The van der Waals surface area contributed by atoms with E-state index in [2.05, 4.69) is 9.97 Å². The number of anilines is 1. The SMILES string of the molecule is COc1cc2ncnc([O])c2cc1OC.Cc1ccccc1N. The van der Waals surface area contributed by atoms with Gasteiger partial charge in [0, 0.05) is 11.8 Å². The van der Waals surface area contributed by atoms with Crippen LogP contribution in [0.25, 0.3) is 10.9 Å². The van der Waals surface area contributed by atoms with Gasteiger partial charge in [-0.1, -0.05) is 18.2 Å². The second-order valence-electron chi connectivity index (χ2n) is 4.76. The Morgan fingerprint density at radius 1 is 1.00 bits per heavy atom. The Balaban J connectivity index is 0.000000203. The number of hydrogen-bond donors (Lipinski definition) is 1. The van der Waals surface area contributed by atoms with Gasteiger partial charge in [0.2, 0.25) is 0 Å². The Bertz CT molecular complexity index is 785. The molecule has 0 amide bonds. The maximum atomic E-state index is 11.4. The molecule has 2 aromatic carbocycles. The number of fused-ring (bicyclic) bond motifs is 1. The number of hydrogen-bond acceptors (Lipinski definition) is 5. The van der Waals surface area contributed by atoms with Crippen molar-refractivity contribution < 1.29 is 14.6 Å². The summed E-state index contributed by atoms with van der Waals surface area (Å²) in [4.78, 5) is 7.55. The zero-order valence-electron chi connectivity index (χ0n) is 13.2. The van der Waals surface area contributed by atoms with E-state index < -0.39 is 0 Å². The van der Waals surface area contributed by atoms with Crippen LogP contribution in [0, 0.1) is 6.92 Å². The number of para-hydroxylation sites is 1. The summed E-state index contributed by atoms with van der Waals surface area (Å²) in [6, 6.07) is 11.0. The summed E-state index contributed by atoms with van der Waals surface area (Å²) in [7, 11) is 3.04. The minimum atomic E-state index is -0.319. The van der Waals surface area contributed by atoms with Gasteiger partial charge >= 0.3 is 0 Å². The van der Waals surface area contributed by atoms with E-state index >= 15 is 0 Å². The lowest BCUT2D eigenvalue weighted by atomic mass is 10.2. The molecule has 6 nitrogen and oxygen atoms in total. The number of aromatic nitrogens is 2. The normalized spacial score (nSPS) is 9.87. The molecule has 0 unspecified atom stereocenters. The molecule has 0 saturated carbocycles. The van der Waals surface area contributed by atoms with E-state index in [4.69, 9.17) is 15.2 Å². The topological polar surface area (TPSA) is 90.2 Å². The quantitative estimate of drug-likeness (QED) is 0.733. The van der Waals surface area contributed by atoms with Crippen molar-refractivity contribution in [3.63, 3.8) is 0 Å². The lowest BCUT2D eigenvalue weighted by Gasteiger charge is -2.08. The van der Waals surface area contributed by atoms with Crippen molar-refractivity contribution in [1.29, 1.82) is 0 Å². The second-order valence-corrected chi connectivity index (χ2v) is 4.76. The summed E-state index contributed by atoms with van der Waals surface area (Å²) in [5, 5.41) is 11.8. The number of ether oxygens (including phenoxy) is 2. The van der Waals surface area contributed by atoms with E-state index in [9.17, 15) is 5.11 Å². The Morgan fingerprint density at radius 3 is 2.22 bits per heavy atom. The van der Waals surface area contributed by atoms with Gasteiger partial charge < -0.3 is 15.2 Å². The summed E-state index contributed by atoms with van der Waals surface area (Å²) < 4.78 is 10.2. The van der Waals surface area contributed by atoms with Gasteiger partial charge in [-0.15, -0.1) is 0 Å². The van der Waals surface area contributed by atoms with Crippen molar-refractivity contribution in [3.8, 4) is 17.4 Å². The van der Waals surface area contributed by atoms with Crippen molar-refractivity contribution in [3.05, 3.63) is 48.3 Å². The lowest BCUT2D eigenvalue weighted by Crippen LogP contribution is -1.92. The molecule has 119 valence electrons. The van der Waals surface area contributed by atoms with Gasteiger partial charge in [0.25, 0.3) is 5.88 Å². The van der Waals surface area contributed by atoms with E-state index in [-0.39, 0.29) is 5.88 Å². The third-order valence-electron chi connectivity index (χ3n) is 3.29. The molecule has 0 saturated heterocycles. The molecule has 1 heterocycles. The smallest absolute Gasteiger partial charge is 0.280 e. The number of rotatable bonds is 2. The molecule has 0 atom stereocenters. The Kier molecular flexibility index (Phi) is 5.19. The zero-order chi connectivity index (χ0) is 16.8. The van der Waals surface area contributed by atoms with Crippen LogP contribution in [-0.2, 0) is 5.11 Å². The molecular formula is C17H18N3O3. The third kappa shape index (κ3) is 3.79. The van der Waals surface area contributed by atoms with Crippen molar-refractivity contribution >= 4 is 16.6 Å². The highest BCUT2D eigenvalue weighted by Crippen LogP contribution is 2.33. The maximum absolute atomic E-state index is 11.4. The summed E-state index contributed by atoms with van der Waals surface area (Å²) in [5.74, 6) is 0.723. The summed E-state index contributed by atoms with van der Waals surface area (Å²) in [5.41, 5.74) is 8.08. The Morgan fingerprint density at radius 2 is 1.65 bits per heavy atom. The Labute approximate surface area is 134 Å². The number of benzene rings is 2. The van der Waals surface area contributed by atoms with Crippen LogP contribution in [0.5, 0.6) is 17.4 Å². The van der Waals surface area contributed by atoms with Crippen LogP contribution < -0.4 is 15.2 Å². The van der Waals surface area contributed by atoms with E-state index in [0.29, 0.717) is 22.4 Å². The summed E-state index contributed by atoms with van der Waals surface area (Å²) in [6.45, 7) is 2.00. The van der Waals surface area contributed by atoms with E-state index in [1.165, 1.54) is 20.5 Å². The van der Waals surface area contributed by atoms with Gasteiger partial charge in [-0.2, -0.15) is 4.98 Å². The van der Waals surface area contributed by atoms with Crippen molar-refractivity contribution in [1.82, 2.24) is 9.97 Å². The lowest BCUT2D eigenvalue weighted by molar-refractivity contribution is 0.340. The summed E-state index contributed by atoms with van der Waals surface area (Å²) in [6.07, 6.45) is 1.23. The predicted octanol–water partition coefficient (Wildman–Crippen LogP) is 3.37. The highest BCUT2D eigenvalue weighted by Gasteiger charge is 2.10. The minimum Gasteiger partial charge on any atom is -0.493 e. The molecule has 0 fully saturated rings. The molecule has 1 radical (unpaired) electrons. The fourth-order valence-electron chi connectivity index (χ4n) is 1.95. The van der Waals surface area contributed by atoms with Crippen LogP contribution in [-0.4, -0.2) is 24.2 Å². The number of nitrogen functional groups attached to an aromatic ring is 1. The van der Waals surface area contributed by atoms with Crippen LogP contribution in [0.2, 0.25) is 0 Å². The maximum Gasteiger partial charge on any atom is 0.280 e. The molecule has 0 spiro atoms. The molecule has 3 rings (SSSR count). The molecule has 0 bridgehead atoms. The van der Waals surface area contributed by atoms with Crippen LogP contribution in [0.15, 0.2) is 42.7 Å². The molecule has 0 aliphatic heterocycles. The zero-order valence-corrected chi connectivity index (χ0v) is 13.2. The van der Waals surface area contributed by atoms with Crippen LogP contribution >= 0.6 is 0 Å². The van der Waals surface area contributed by atoms with Gasteiger partial charge in [0.15, 0.2) is 11.5 Å². The van der Waals surface area contributed by atoms with Gasteiger partial charge in [-0.25, -0.2) is 4.98 Å². The van der Waals surface area contributed by atoms with Crippen molar-refractivity contribution in [2.24, 2.45) is 0 Å². The number of nitrogens with two attached hydrogens (primary N) is 1. The van der Waals surface area contributed by atoms with Gasteiger partial charge in [0.1, 0.15) is 6.33 Å². The monoisotopic (exact) mass is 312 g/mol. The minimum absolute atomic E-state index is 0.319. The second kappa shape index (κ2) is 7.31. The third-order valence-corrected chi connectivity index (χ3v) is 3.29. The molecule has 23 heavy (non-hydrogen) atoms. The number of aryl methyl sites for hydroxylation is 1. The molecule has 0 aliphatic rings. The molecule has 3 aromatic rings. The number of nitrogens with zero attached hydrogens (tertiary/aromatic N) is 2. The van der Waals surface area contributed by atoms with Crippen LogP contribution in [0.1, 0.15) is 5.56 Å². The molecule has 1 aromatic heterocycles. The van der Waals surface area contributed by atoms with Crippen molar-refractivity contribution in [2.75, 3.05) is 20.0 Å². The first-order valence-electron chi connectivity index (χ1n) is 6.91. The van der Waals surface area contributed by atoms with Gasteiger partial charge in [0.05, 0.1) is 25.1 Å². The fraction of sp³-hybridized carbons (Fsp3) is 0.176. The molecule has 2 N–H and O–H groups in total. The first kappa shape index (κ1) is 16.4. The average molecular weight is 312 g/mol. The van der Waals surface area contributed by atoms with Crippen molar-refractivity contribution in [2.45, 2.75) is 6.92 Å². The van der Waals surface area contributed by atoms with Crippen LogP contribution in [0.3, 0.4) is 0 Å². The largest absolute Gasteiger partial charge is 0.493 e. The summed E-state index contributed by atoms with van der Waals surface area (Å²) >= 11 is 0. The molecular weight excluding hydrogens is 294 g/mol. The standard InChI is InChI=1S/C10H9N2O3.C7H9N/c1-14-8-3-6-7(4-9(8)15-2)11-5-12-10(6)13;1-6-4-2-3-5-7(6)8/h3-5H,1-2H3;2-5H,8H2,1H3. The average Bonchev–Trinajstić information content (AvgIpc) is 2.57. The molecule has 6 heteroatoms. The van der Waals surface area contributed by atoms with Crippen LogP contribution in [0.4, 0.5) is 5.69 Å². The van der Waals surface area contributed by atoms with E-state index in [1.807, 2.05) is 31.2 Å². The van der Waals surface area contributed by atoms with E-state index in [0.717, 1.165) is 11.3 Å². The van der Waals surface area contributed by atoms with Gasteiger partial charge in [-0.05, 0) is 24.6 Å². The highest BCUT2D eigenvalue weighted by atomic mass is 16.5. The van der Waals surface area contributed by atoms with E-state index in [1.54, 1.807) is 12.1 Å². The number of methoxy groups -OCH3 is 2. The first-order valence-corrected chi connectivity index (χ1v) is 6.91. The first-order chi connectivity index (χ1) is 11.1. The Hall–Kier alpha value is -3.02.